The summed E-state index contributed by atoms with van der Waals surface area (Å²) in [6.07, 6.45) is 2.62. The highest BCUT2D eigenvalue weighted by atomic mass is 19.1. The minimum absolute atomic E-state index is 0.0973. The first kappa shape index (κ1) is 14.5. The Morgan fingerprint density at radius 1 is 1.50 bits per heavy atom. The molecule has 0 fully saturated rings. The Labute approximate surface area is 117 Å². The topological polar surface area (TPSA) is 65.1 Å². The van der Waals surface area contributed by atoms with E-state index in [1.807, 2.05) is 6.92 Å². The van der Waals surface area contributed by atoms with Gasteiger partial charge in [-0.2, -0.15) is 0 Å². The van der Waals surface area contributed by atoms with Gasteiger partial charge < -0.3 is 15.4 Å². The summed E-state index contributed by atoms with van der Waals surface area (Å²) in [4.78, 5) is 14.9. The normalized spacial score (nSPS) is 12.6. The molecule has 2 rings (SSSR count). The molecule has 0 radical (unpaired) electrons. The lowest BCUT2D eigenvalue weighted by Crippen LogP contribution is -2.29. The largest absolute Gasteiger partial charge is 0.396 e. The van der Waals surface area contributed by atoms with Crippen LogP contribution in [0.4, 0.5) is 4.39 Å². The first-order valence-corrected chi connectivity index (χ1v) is 6.73. The average Bonchev–Trinajstić information content (AvgIpc) is 2.79. The third kappa shape index (κ3) is 3.57. The Morgan fingerprint density at radius 2 is 2.30 bits per heavy atom. The first-order chi connectivity index (χ1) is 9.60. The average molecular weight is 278 g/mol. The molecule has 5 heteroatoms. The molecule has 20 heavy (non-hydrogen) atoms. The second-order valence-corrected chi connectivity index (χ2v) is 5.10. The fourth-order valence-corrected chi connectivity index (χ4v) is 2.14. The molecule has 0 saturated carbocycles. The standard InChI is InChI=1S/C15H19FN2O2/c1-10(4-5-19)8-18-15(20)6-11-9-17-14-3-2-12(16)7-13(11)14/h2-3,7,9-10,17,19H,4-6,8H2,1H3,(H,18,20). The molecule has 1 aromatic heterocycles. The zero-order valence-corrected chi connectivity index (χ0v) is 11.4. The van der Waals surface area contributed by atoms with E-state index in [-0.39, 0.29) is 30.7 Å². The van der Waals surface area contributed by atoms with Crippen LogP contribution in [-0.2, 0) is 11.2 Å². The molecule has 1 unspecified atom stereocenters. The monoisotopic (exact) mass is 278 g/mol. The first-order valence-electron chi connectivity index (χ1n) is 6.73. The molecule has 0 bridgehead atoms. The van der Waals surface area contributed by atoms with Crippen molar-refractivity contribution in [2.75, 3.05) is 13.2 Å². The van der Waals surface area contributed by atoms with Crippen LogP contribution in [0.1, 0.15) is 18.9 Å². The highest BCUT2D eigenvalue weighted by molar-refractivity contribution is 5.88. The molecule has 0 aliphatic rings. The lowest BCUT2D eigenvalue weighted by Gasteiger charge is -2.10. The minimum atomic E-state index is -0.310. The van der Waals surface area contributed by atoms with E-state index >= 15 is 0 Å². The van der Waals surface area contributed by atoms with Gasteiger partial charge in [0, 0.05) is 30.3 Å². The summed E-state index contributed by atoms with van der Waals surface area (Å²) < 4.78 is 13.2. The lowest BCUT2D eigenvalue weighted by atomic mass is 10.1. The van der Waals surface area contributed by atoms with Gasteiger partial charge in [0.2, 0.25) is 5.91 Å². The van der Waals surface area contributed by atoms with Crippen LogP contribution < -0.4 is 5.32 Å². The number of aliphatic hydroxyl groups is 1. The van der Waals surface area contributed by atoms with Gasteiger partial charge in [-0.3, -0.25) is 4.79 Å². The molecule has 0 aliphatic heterocycles. The van der Waals surface area contributed by atoms with Crippen LogP contribution >= 0.6 is 0 Å². The number of carbonyl (C=O) groups is 1. The molecule has 1 amide bonds. The van der Waals surface area contributed by atoms with E-state index in [1.165, 1.54) is 12.1 Å². The van der Waals surface area contributed by atoms with Gasteiger partial charge in [0.05, 0.1) is 6.42 Å². The van der Waals surface area contributed by atoms with Crippen LogP contribution in [-0.4, -0.2) is 29.1 Å². The highest BCUT2D eigenvalue weighted by Gasteiger charge is 2.10. The summed E-state index contributed by atoms with van der Waals surface area (Å²) in [6.45, 7) is 2.63. The van der Waals surface area contributed by atoms with Gasteiger partial charge in [0.1, 0.15) is 5.82 Å². The number of rotatable bonds is 6. The van der Waals surface area contributed by atoms with Gasteiger partial charge in [0.15, 0.2) is 0 Å². The Balaban J connectivity index is 1.98. The van der Waals surface area contributed by atoms with Crippen LogP contribution in [0.2, 0.25) is 0 Å². The number of amides is 1. The van der Waals surface area contributed by atoms with Crippen molar-refractivity contribution in [1.29, 1.82) is 0 Å². The Morgan fingerprint density at radius 3 is 3.05 bits per heavy atom. The molecule has 108 valence electrons. The summed E-state index contributed by atoms with van der Waals surface area (Å²) in [7, 11) is 0. The Bertz CT molecular complexity index is 595. The second-order valence-electron chi connectivity index (χ2n) is 5.10. The van der Waals surface area contributed by atoms with Gasteiger partial charge in [0.25, 0.3) is 0 Å². The highest BCUT2D eigenvalue weighted by Crippen LogP contribution is 2.19. The van der Waals surface area contributed by atoms with E-state index in [4.69, 9.17) is 5.11 Å². The molecule has 1 heterocycles. The van der Waals surface area contributed by atoms with Crippen LogP contribution in [0, 0.1) is 11.7 Å². The van der Waals surface area contributed by atoms with E-state index in [1.54, 1.807) is 12.3 Å². The van der Waals surface area contributed by atoms with Crippen molar-refractivity contribution in [2.24, 2.45) is 5.92 Å². The van der Waals surface area contributed by atoms with Gasteiger partial charge >= 0.3 is 0 Å². The predicted molar refractivity (Wildman–Crippen MR) is 75.8 cm³/mol. The van der Waals surface area contributed by atoms with Crippen molar-refractivity contribution < 1.29 is 14.3 Å². The fraction of sp³-hybridized carbons (Fsp3) is 0.400. The molecule has 4 nitrogen and oxygen atoms in total. The molecule has 2 aromatic rings. The molecule has 1 atom stereocenters. The van der Waals surface area contributed by atoms with Crippen molar-refractivity contribution in [3.63, 3.8) is 0 Å². The van der Waals surface area contributed by atoms with Gasteiger partial charge in [-0.15, -0.1) is 0 Å². The number of fused-ring (bicyclic) bond motifs is 1. The second kappa shape index (κ2) is 6.52. The third-order valence-corrected chi connectivity index (χ3v) is 3.35. The van der Waals surface area contributed by atoms with Crippen molar-refractivity contribution in [3.05, 3.63) is 35.8 Å². The number of carbonyl (C=O) groups excluding carboxylic acids is 1. The zero-order valence-electron chi connectivity index (χ0n) is 11.4. The maximum Gasteiger partial charge on any atom is 0.224 e. The van der Waals surface area contributed by atoms with Crippen LogP contribution in [0.3, 0.4) is 0 Å². The van der Waals surface area contributed by atoms with Gasteiger partial charge in [-0.05, 0) is 36.1 Å². The number of hydrogen-bond acceptors (Lipinski definition) is 2. The zero-order chi connectivity index (χ0) is 14.5. The molecule has 1 aromatic carbocycles. The summed E-state index contributed by atoms with van der Waals surface area (Å²) in [6, 6.07) is 4.48. The summed E-state index contributed by atoms with van der Waals surface area (Å²) in [5.74, 6) is -0.167. The minimum Gasteiger partial charge on any atom is -0.396 e. The number of aliphatic hydroxyl groups excluding tert-OH is 1. The number of aromatic amines is 1. The van der Waals surface area contributed by atoms with Crippen molar-refractivity contribution in [1.82, 2.24) is 10.3 Å². The number of H-pyrrole nitrogens is 1. The van der Waals surface area contributed by atoms with Crippen molar-refractivity contribution >= 4 is 16.8 Å². The molecular formula is C15H19FN2O2. The molecule has 3 N–H and O–H groups in total. The predicted octanol–water partition coefficient (Wildman–Crippen LogP) is 1.98. The van der Waals surface area contributed by atoms with E-state index < -0.39 is 0 Å². The van der Waals surface area contributed by atoms with Gasteiger partial charge in [-0.25, -0.2) is 4.39 Å². The third-order valence-electron chi connectivity index (χ3n) is 3.35. The number of hydrogen-bond donors (Lipinski definition) is 3. The van der Waals surface area contributed by atoms with E-state index in [9.17, 15) is 9.18 Å². The Hall–Kier alpha value is -1.88. The van der Waals surface area contributed by atoms with Crippen molar-refractivity contribution in [3.8, 4) is 0 Å². The van der Waals surface area contributed by atoms with E-state index in [2.05, 4.69) is 10.3 Å². The van der Waals surface area contributed by atoms with E-state index in [0.29, 0.717) is 13.0 Å². The summed E-state index contributed by atoms with van der Waals surface area (Å²) in [5.41, 5.74) is 1.61. The number of aromatic nitrogens is 1. The number of halogens is 1. The smallest absolute Gasteiger partial charge is 0.224 e. The Kier molecular flexibility index (Phi) is 4.74. The lowest BCUT2D eigenvalue weighted by molar-refractivity contribution is -0.120. The van der Waals surface area contributed by atoms with Crippen molar-refractivity contribution in [2.45, 2.75) is 19.8 Å². The number of benzene rings is 1. The molecule has 0 saturated heterocycles. The molecule has 0 aliphatic carbocycles. The van der Waals surface area contributed by atoms with E-state index in [0.717, 1.165) is 16.5 Å². The summed E-state index contributed by atoms with van der Waals surface area (Å²) >= 11 is 0. The molecular weight excluding hydrogens is 259 g/mol. The summed E-state index contributed by atoms with van der Waals surface area (Å²) in [5, 5.41) is 12.4. The molecule has 0 spiro atoms. The quantitative estimate of drug-likeness (QED) is 0.756. The maximum absolute atomic E-state index is 13.2. The maximum atomic E-state index is 13.2. The SMILES string of the molecule is CC(CCO)CNC(=O)Cc1c[nH]c2ccc(F)cc12. The number of nitrogens with one attached hydrogen (secondary N) is 2. The van der Waals surface area contributed by atoms with Crippen LogP contribution in [0.25, 0.3) is 10.9 Å². The fourth-order valence-electron chi connectivity index (χ4n) is 2.14. The van der Waals surface area contributed by atoms with Gasteiger partial charge in [-0.1, -0.05) is 6.92 Å². The van der Waals surface area contributed by atoms with Crippen LogP contribution in [0.5, 0.6) is 0 Å². The van der Waals surface area contributed by atoms with Crippen LogP contribution in [0.15, 0.2) is 24.4 Å².